The molecule has 0 amide bonds. The van der Waals surface area contributed by atoms with Gasteiger partial charge in [0.2, 0.25) is 0 Å². The van der Waals surface area contributed by atoms with Crippen molar-refractivity contribution in [3.05, 3.63) is 63.9 Å². The van der Waals surface area contributed by atoms with Crippen molar-refractivity contribution >= 4 is 115 Å². The number of rotatable bonds is 7. The Kier molecular flexibility index (Phi) is 9.54. The average Bonchev–Trinajstić information content (AvgIpc) is 3.26. The van der Waals surface area contributed by atoms with Crippen molar-refractivity contribution in [2.75, 3.05) is 0 Å². The van der Waals surface area contributed by atoms with Gasteiger partial charge in [0.15, 0.2) is 0 Å². The summed E-state index contributed by atoms with van der Waals surface area (Å²) in [6.07, 6.45) is 0. The van der Waals surface area contributed by atoms with E-state index in [0.29, 0.717) is 0 Å². The van der Waals surface area contributed by atoms with Crippen molar-refractivity contribution in [1.29, 1.82) is 0 Å². The Morgan fingerprint density at radius 2 is 0.794 bits per heavy atom. The van der Waals surface area contributed by atoms with E-state index >= 15 is 0 Å². The highest BCUT2D eigenvalue weighted by Crippen LogP contribution is 2.54. The fraction of sp³-hybridized carbons (Fsp3) is 0.250. The molecule has 10 heteroatoms. The van der Waals surface area contributed by atoms with Crippen molar-refractivity contribution in [2.45, 2.75) is 68.2 Å². The van der Waals surface area contributed by atoms with Gasteiger partial charge < -0.3 is 0 Å². The quantitative estimate of drug-likeness (QED) is 0.146. The number of aryl methyl sites for hydroxylation is 6. The maximum atomic E-state index is 5.59. The molecule has 0 N–H and O–H groups in total. The van der Waals surface area contributed by atoms with Crippen LogP contribution >= 0.6 is 115 Å². The fourth-order valence-corrected chi connectivity index (χ4v) is 16.8. The Balaban J connectivity index is 1.57. The second kappa shape index (κ2) is 11.8. The molecule has 0 aliphatic heterocycles. The van der Waals surface area contributed by atoms with Crippen LogP contribution in [-0.4, -0.2) is 0 Å². The monoisotopic (exact) mass is 630 g/mol. The first-order valence-corrected chi connectivity index (χ1v) is 18.1. The first kappa shape index (κ1) is 27.4. The summed E-state index contributed by atoms with van der Waals surface area (Å²) in [6.45, 7) is 13.1. The zero-order valence-electron chi connectivity index (χ0n) is 19.4. The summed E-state index contributed by atoms with van der Waals surface area (Å²) < 4.78 is 7.11. The van der Waals surface area contributed by atoms with Crippen molar-refractivity contribution in [3.63, 3.8) is 0 Å². The molecular weight excluding hydrogens is 609 g/mol. The van der Waals surface area contributed by atoms with E-state index in [1.807, 2.05) is 45.1 Å². The summed E-state index contributed by atoms with van der Waals surface area (Å²) in [7, 11) is 3.64. The van der Waals surface area contributed by atoms with Gasteiger partial charge in [0.25, 0.3) is 0 Å². The SMILES string of the molecule is Cc1cc(C)c(Sc2sc(=S)sc2SSc2sc(=S)sc2Sc2c(C)cc(C)cc2C)c(C)c1. The van der Waals surface area contributed by atoms with Crippen LogP contribution in [-0.2, 0) is 0 Å². The molecule has 0 nitrogen and oxygen atoms in total. The molecule has 2 aromatic carbocycles. The van der Waals surface area contributed by atoms with Crippen molar-refractivity contribution in [2.24, 2.45) is 0 Å². The number of hydrogen-bond acceptors (Lipinski definition) is 10. The third kappa shape index (κ3) is 6.62. The number of benzene rings is 2. The highest BCUT2D eigenvalue weighted by molar-refractivity contribution is 8.77. The molecule has 0 atom stereocenters. The summed E-state index contributed by atoms with van der Waals surface area (Å²) in [4.78, 5) is 2.68. The molecule has 4 rings (SSSR count). The maximum absolute atomic E-state index is 5.59. The van der Waals surface area contributed by atoms with Crippen LogP contribution in [0, 0.1) is 47.8 Å². The molecule has 0 saturated heterocycles. The number of hydrogen-bond donors (Lipinski definition) is 0. The molecule has 0 saturated carbocycles. The Labute approximate surface area is 244 Å². The van der Waals surface area contributed by atoms with Crippen LogP contribution < -0.4 is 0 Å². The minimum absolute atomic E-state index is 0.978. The molecule has 0 aliphatic rings. The Morgan fingerprint density at radius 3 is 1.12 bits per heavy atom. The lowest BCUT2D eigenvalue weighted by Crippen LogP contribution is -1.87. The van der Waals surface area contributed by atoms with Gasteiger partial charge in [0.05, 0.1) is 16.8 Å². The highest BCUT2D eigenvalue weighted by atomic mass is 33.1. The van der Waals surface area contributed by atoms with Crippen molar-refractivity contribution < 1.29 is 0 Å². The zero-order chi connectivity index (χ0) is 24.6. The Morgan fingerprint density at radius 1 is 0.500 bits per heavy atom. The van der Waals surface area contributed by atoms with E-state index in [4.69, 9.17) is 24.4 Å². The minimum atomic E-state index is 0.978. The first-order chi connectivity index (χ1) is 16.1. The molecule has 0 spiro atoms. The Bertz CT molecular complexity index is 1310. The summed E-state index contributed by atoms with van der Waals surface area (Å²) in [5.41, 5.74) is 7.93. The summed E-state index contributed by atoms with van der Waals surface area (Å²) >= 11 is 21.8. The summed E-state index contributed by atoms with van der Waals surface area (Å²) in [6, 6.07) is 9.05. The van der Waals surface area contributed by atoms with E-state index in [1.54, 1.807) is 45.3 Å². The van der Waals surface area contributed by atoms with E-state index in [2.05, 4.69) is 65.8 Å². The van der Waals surface area contributed by atoms with Gasteiger partial charge in [0.1, 0.15) is 6.28 Å². The molecule has 0 unspecified atom stereocenters. The van der Waals surface area contributed by atoms with Crippen molar-refractivity contribution in [3.8, 4) is 0 Å². The molecule has 0 fully saturated rings. The van der Waals surface area contributed by atoms with Crippen LogP contribution in [0.2, 0.25) is 0 Å². The lowest BCUT2D eigenvalue weighted by Gasteiger charge is -2.11. The maximum Gasteiger partial charge on any atom is 0.145 e. The molecule has 0 bridgehead atoms. The zero-order valence-corrected chi connectivity index (χ0v) is 27.6. The van der Waals surface area contributed by atoms with E-state index in [-0.39, 0.29) is 0 Å². The van der Waals surface area contributed by atoms with Gasteiger partial charge in [-0.25, -0.2) is 0 Å². The molecule has 2 heterocycles. The minimum Gasteiger partial charge on any atom is -0.105 e. The second-order valence-corrected chi connectivity index (χ2v) is 19.6. The van der Waals surface area contributed by atoms with Gasteiger partial charge >= 0.3 is 0 Å². The third-order valence-electron chi connectivity index (χ3n) is 4.83. The molecule has 4 aromatic rings. The second-order valence-electron chi connectivity index (χ2n) is 7.88. The molecule has 2 aromatic heterocycles. The smallest absolute Gasteiger partial charge is 0.105 e. The van der Waals surface area contributed by atoms with E-state index in [9.17, 15) is 0 Å². The van der Waals surface area contributed by atoms with Crippen LogP contribution in [0.3, 0.4) is 0 Å². The predicted octanol–water partition coefficient (Wildman–Crippen LogP) is 12.3. The molecule has 34 heavy (non-hydrogen) atoms. The average molecular weight is 631 g/mol. The van der Waals surface area contributed by atoms with Crippen LogP contribution in [0.4, 0.5) is 0 Å². The topological polar surface area (TPSA) is 0 Å². The largest absolute Gasteiger partial charge is 0.145 e. The molecule has 0 radical (unpaired) electrons. The van der Waals surface area contributed by atoms with E-state index in [0.717, 1.165) is 6.28 Å². The van der Waals surface area contributed by atoms with Crippen LogP contribution in [0.5, 0.6) is 0 Å². The summed E-state index contributed by atoms with van der Waals surface area (Å²) in [5.74, 6) is 0. The van der Waals surface area contributed by atoms with Gasteiger partial charge in [-0.3, -0.25) is 0 Å². The standard InChI is InChI=1S/C24H22S10/c1-11-7-13(3)17(14(4)8-11)27-19-21(31-23(25)29-19)33-34-22-20(30-24(26)32-22)28-18-15(5)9-12(2)10-16(18)6/h7-10H,1-6H3. The lowest BCUT2D eigenvalue weighted by atomic mass is 10.1. The highest BCUT2D eigenvalue weighted by Gasteiger charge is 2.18. The van der Waals surface area contributed by atoms with Gasteiger partial charge in [-0.2, -0.15) is 0 Å². The van der Waals surface area contributed by atoms with Crippen LogP contribution in [0.25, 0.3) is 0 Å². The van der Waals surface area contributed by atoms with E-state index < -0.39 is 0 Å². The van der Waals surface area contributed by atoms with E-state index in [1.165, 1.54) is 60.0 Å². The van der Waals surface area contributed by atoms with Gasteiger partial charge in [-0.15, -0.1) is 45.3 Å². The molecule has 0 aliphatic carbocycles. The lowest BCUT2D eigenvalue weighted by molar-refractivity contribution is 1.19. The fourth-order valence-electron chi connectivity index (χ4n) is 3.65. The first-order valence-electron chi connectivity index (χ1n) is 10.2. The molecule has 178 valence electrons. The third-order valence-corrected chi connectivity index (χ3v) is 17.2. The van der Waals surface area contributed by atoms with Gasteiger partial charge in [-0.1, -0.05) is 83.4 Å². The van der Waals surface area contributed by atoms with Gasteiger partial charge in [0, 0.05) is 9.79 Å². The van der Waals surface area contributed by atoms with Crippen molar-refractivity contribution in [1.82, 2.24) is 0 Å². The van der Waals surface area contributed by atoms with Crippen LogP contribution in [0.15, 0.2) is 50.9 Å². The van der Waals surface area contributed by atoms with Gasteiger partial charge in [-0.05, 0) is 85.4 Å². The predicted molar refractivity (Wildman–Crippen MR) is 167 cm³/mol. The van der Waals surface area contributed by atoms with Crippen LogP contribution in [0.1, 0.15) is 33.4 Å². The summed E-state index contributed by atoms with van der Waals surface area (Å²) in [5, 5.41) is 0. The normalized spacial score (nSPS) is 11.4. The Hall–Kier alpha value is 0.380. The molecular formula is C24H22S10.